The van der Waals surface area contributed by atoms with Crippen molar-refractivity contribution in [3.05, 3.63) is 35.4 Å². The number of carbonyl (C=O) groups excluding carboxylic acids is 1. The molecule has 0 spiro atoms. The van der Waals surface area contributed by atoms with Crippen LogP contribution in [0.25, 0.3) is 0 Å². The third-order valence-electron chi connectivity index (χ3n) is 1.78. The van der Waals surface area contributed by atoms with Gasteiger partial charge in [-0.15, -0.1) is 0 Å². The van der Waals surface area contributed by atoms with Gasteiger partial charge in [0, 0.05) is 18.9 Å². The van der Waals surface area contributed by atoms with Crippen LogP contribution in [0.3, 0.4) is 0 Å². The van der Waals surface area contributed by atoms with Gasteiger partial charge in [-0.3, -0.25) is 9.59 Å². The van der Waals surface area contributed by atoms with E-state index in [2.05, 4.69) is 0 Å². The Morgan fingerprint density at radius 3 is 1.78 bits per heavy atom. The summed E-state index contributed by atoms with van der Waals surface area (Å²) in [6.45, 7) is 2.79. The Kier molecular flexibility index (Phi) is 9.02. The van der Waals surface area contributed by atoms with Gasteiger partial charge >= 0.3 is 5.97 Å². The molecule has 0 bridgehead atoms. The van der Waals surface area contributed by atoms with Crippen molar-refractivity contribution in [1.29, 1.82) is 0 Å². The van der Waals surface area contributed by atoms with Crippen LogP contribution in [-0.2, 0) is 4.79 Å². The van der Waals surface area contributed by atoms with Crippen molar-refractivity contribution in [2.45, 2.75) is 27.7 Å². The van der Waals surface area contributed by atoms with E-state index in [1.807, 2.05) is 0 Å². The van der Waals surface area contributed by atoms with Crippen molar-refractivity contribution in [1.82, 2.24) is 0 Å². The van der Waals surface area contributed by atoms with Gasteiger partial charge in [0.2, 0.25) is 0 Å². The van der Waals surface area contributed by atoms with Gasteiger partial charge in [-0.25, -0.2) is 4.79 Å². The van der Waals surface area contributed by atoms with Gasteiger partial charge in [0.15, 0.2) is 5.78 Å². The highest BCUT2D eigenvalue weighted by Gasteiger charge is 2.13. The van der Waals surface area contributed by atoms with Gasteiger partial charge in [0.1, 0.15) is 0 Å². The maximum absolute atomic E-state index is 11.3. The van der Waals surface area contributed by atoms with Crippen LogP contribution in [0.2, 0.25) is 0 Å². The van der Waals surface area contributed by atoms with Crippen LogP contribution in [0.1, 0.15) is 48.4 Å². The maximum Gasteiger partial charge on any atom is 0.336 e. The third kappa shape index (κ3) is 6.42. The SMILES string of the molecule is C.CC(=O)O.CCC(=O)c1ccccc1C(=O)O. The van der Waals surface area contributed by atoms with E-state index in [0.29, 0.717) is 6.42 Å². The summed E-state index contributed by atoms with van der Waals surface area (Å²) in [5.74, 6) is -2.03. The fourth-order valence-electron chi connectivity index (χ4n) is 1.10. The quantitative estimate of drug-likeness (QED) is 0.809. The van der Waals surface area contributed by atoms with E-state index in [0.717, 1.165) is 6.92 Å². The first-order valence-electron chi connectivity index (χ1n) is 4.95. The number of hydrogen-bond acceptors (Lipinski definition) is 3. The van der Waals surface area contributed by atoms with Crippen molar-refractivity contribution in [2.75, 3.05) is 0 Å². The van der Waals surface area contributed by atoms with E-state index in [4.69, 9.17) is 15.0 Å². The molecular weight excluding hydrogens is 236 g/mol. The number of carboxylic acid groups (broad SMARTS) is 2. The van der Waals surface area contributed by atoms with Crippen LogP contribution in [-0.4, -0.2) is 27.9 Å². The molecule has 100 valence electrons. The first-order chi connectivity index (χ1) is 7.90. The lowest BCUT2D eigenvalue weighted by Crippen LogP contribution is -2.07. The van der Waals surface area contributed by atoms with Crippen molar-refractivity contribution < 1.29 is 24.6 Å². The van der Waals surface area contributed by atoms with Gasteiger partial charge in [-0.05, 0) is 6.07 Å². The normalized spacial score (nSPS) is 8.33. The summed E-state index contributed by atoms with van der Waals surface area (Å²) in [5.41, 5.74) is 0.367. The minimum Gasteiger partial charge on any atom is -0.481 e. The summed E-state index contributed by atoms with van der Waals surface area (Å²) < 4.78 is 0. The minimum absolute atomic E-state index is 0. The molecular formula is C13H18O5. The van der Waals surface area contributed by atoms with E-state index in [-0.39, 0.29) is 24.3 Å². The number of hydrogen-bond donors (Lipinski definition) is 2. The second kappa shape index (κ2) is 8.92. The highest BCUT2D eigenvalue weighted by atomic mass is 16.4. The van der Waals surface area contributed by atoms with Gasteiger partial charge < -0.3 is 10.2 Å². The molecule has 1 rings (SSSR count). The predicted molar refractivity (Wildman–Crippen MR) is 68.1 cm³/mol. The third-order valence-corrected chi connectivity index (χ3v) is 1.78. The molecule has 2 N–H and O–H groups in total. The Bertz CT molecular complexity index is 419. The molecule has 0 fully saturated rings. The van der Waals surface area contributed by atoms with E-state index in [9.17, 15) is 9.59 Å². The number of carbonyl (C=O) groups is 3. The Labute approximate surface area is 106 Å². The Hall–Kier alpha value is -2.17. The van der Waals surface area contributed by atoms with Crippen LogP contribution in [0.15, 0.2) is 24.3 Å². The standard InChI is InChI=1S/C10H10O3.C2H4O2.CH4/c1-2-9(11)7-5-3-4-6-8(7)10(12)13;1-2(3)4;/h3-6H,2H2,1H3,(H,12,13);1H3,(H,3,4);1H4. The summed E-state index contributed by atoms with van der Waals surface area (Å²) in [4.78, 5) is 31.0. The topological polar surface area (TPSA) is 91.7 Å². The summed E-state index contributed by atoms with van der Waals surface area (Å²) in [5, 5.41) is 16.2. The van der Waals surface area contributed by atoms with E-state index in [1.54, 1.807) is 19.1 Å². The second-order valence-electron chi connectivity index (χ2n) is 3.15. The lowest BCUT2D eigenvalue weighted by molar-refractivity contribution is -0.134. The zero-order chi connectivity index (χ0) is 13.4. The lowest BCUT2D eigenvalue weighted by atomic mass is 10.0. The molecule has 0 saturated heterocycles. The molecule has 5 nitrogen and oxygen atoms in total. The van der Waals surface area contributed by atoms with Crippen molar-refractivity contribution in [3.8, 4) is 0 Å². The first kappa shape index (κ1) is 18.2. The highest BCUT2D eigenvalue weighted by Crippen LogP contribution is 2.10. The Morgan fingerprint density at radius 1 is 1.06 bits per heavy atom. The number of Topliss-reactive ketones (excluding diaryl/α,β-unsaturated/α-hetero) is 1. The molecule has 5 heteroatoms. The average molecular weight is 254 g/mol. The number of carboxylic acids is 2. The second-order valence-corrected chi connectivity index (χ2v) is 3.15. The van der Waals surface area contributed by atoms with Crippen LogP contribution >= 0.6 is 0 Å². The fourth-order valence-corrected chi connectivity index (χ4v) is 1.10. The highest BCUT2D eigenvalue weighted by molar-refractivity contribution is 6.05. The van der Waals surface area contributed by atoms with E-state index in [1.165, 1.54) is 12.1 Å². The number of aromatic carboxylic acids is 1. The van der Waals surface area contributed by atoms with Gasteiger partial charge in [-0.1, -0.05) is 32.5 Å². The van der Waals surface area contributed by atoms with Crippen molar-refractivity contribution in [2.24, 2.45) is 0 Å². The minimum atomic E-state index is -1.06. The molecule has 0 aliphatic carbocycles. The zero-order valence-electron chi connectivity index (χ0n) is 9.64. The number of ketones is 1. The fraction of sp³-hybridized carbons (Fsp3) is 0.308. The molecule has 0 aliphatic rings. The molecule has 1 aromatic carbocycles. The van der Waals surface area contributed by atoms with Crippen LogP contribution < -0.4 is 0 Å². The summed E-state index contributed by atoms with van der Waals surface area (Å²) in [6.07, 6.45) is 0.324. The van der Waals surface area contributed by atoms with Crippen LogP contribution in [0, 0.1) is 0 Å². The van der Waals surface area contributed by atoms with Crippen LogP contribution in [0.4, 0.5) is 0 Å². The smallest absolute Gasteiger partial charge is 0.336 e. The molecule has 18 heavy (non-hydrogen) atoms. The Morgan fingerprint density at radius 2 is 1.44 bits per heavy atom. The lowest BCUT2D eigenvalue weighted by Gasteiger charge is -2.01. The van der Waals surface area contributed by atoms with E-state index < -0.39 is 11.9 Å². The van der Waals surface area contributed by atoms with Gasteiger partial charge in [0.25, 0.3) is 5.97 Å². The van der Waals surface area contributed by atoms with Crippen molar-refractivity contribution >= 4 is 17.7 Å². The van der Waals surface area contributed by atoms with E-state index >= 15 is 0 Å². The van der Waals surface area contributed by atoms with Gasteiger partial charge in [0.05, 0.1) is 5.56 Å². The maximum atomic E-state index is 11.3. The molecule has 0 heterocycles. The number of aliphatic carboxylic acids is 1. The molecule has 0 atom stereocenters. The molecule has 0 aromatic heterocycles. The Balaban J connectivity index is 0. The summed E-state index contributed by atoms with van der Waals surface area (Å²) in [7, 11) is 0. The molecule has 0 unspecified atom stereocenters. The molecule has 0 amide bonds. The zero-order valence-corrected chi connectivity index (χ0v) is 9.64. The van der Waals surface area contributed by atoms with Gasteiger partial charge in [-0.2, -0.15) is 0 Å². The first-order valence-corrected chi connectivity index (χ1v) is 4.95. The molecule has 0 aliphatic heterocycles. The monoisotopic (exact) mass is 254 g/mol. The van der Waals surface area contributed by atoms with Crippen LogP contribution in [0.5, 0.6) is 0 Å². The summed E-state index contributed by atoms with van der Waals surface area (Å²) >= 11 is 0. The molecule has 0 radical (unpaired) electrons. The predicted octanol–water partition coefficient (Wildman–Crippen LogP) is 2.70. The number of benzene rings is 1. The average Bonchev–Trinajstić information content (AvgIpc) is 2.27. The van der Waals surface area contributed by atoms with Crippen molar-refractivity contribution in [3.63, 3.8) is 0 Å². The largest absolute Gasteiger partial charge is 0.481 e. The molecule has 1 aromatic rings. The molecule has 0 saturated carbocycles. The summed E-state index contributed by atoms with van der Waals surface area (Å²) in [6, 6.07) is 6.24. The number of rotatable bonds is 3.